The number of carbonyl (C=O) groups is 1. The first-order valence-corrected chi connectivity index (χ1v) is 5.64. The van der Waals surface area contributed by atoms with E-state index in [1.807, 2.05) is 6.07 Å². The first-order valence-electron chi connectivity index (χ1n) is 5.26. The van der Waals surface area contributed by atoms with Gasteiger partial charge in [0.1, 0.15) is 5.82 Å². The molecular formula is C13H8ClN3O2. The Bertz CT molecular complexity index is 680. The molecule has 1 aromatic heterocycles. The number of carboxylic acid groups (broad SMARTS) is 1. The van der Waals surface area contributed by atoms with E-state index in [1.165, 1.54) is 12.3 Å². The van der Waals surface area contributed by atoms with Crippen molar-refractivity contribution in [3.05, 3.63) is 52.7 Å². The van der Waals surface area contributed by atoms with Gasteiger partial charge >= 0.3 is 5.97 Å². The van der Waals surface area contributed by atoms with Gasteiger partial charge in [-0.25, -0.2) is 9.78 Å². The van der Waals surface area contributed by atoms with E-state index in [-0.39, 0.29) is 10.6 Å². The summed E-state index contributed by atoms with van der Waals surface area (Å²) in [6.45, 7) is 0. The predicted molar refractivity (Wildman–Crippen MR) is 70.6 cm³/mol. The van der Waals surface area contributed by atoms with E-state index in [0.29, 0.717) is 17.1 Å². The van der Waals surface area contributed by atoms with Crippen molar-refractivity contribution in [2.24, 2.45) is 0 Å². The highest BCUT2D eigenvalue weighted by molar-refractivity contribution is 6.33. The molecule has 94 valence electrons. The summed E-state index contributed by atoms with van der Waals surface area (Å²) in [5, 5.41) is 20.7. The summed E-state index contributed by atoms with van der Waals surface area (Å²) in [4.78, 5) is 14.7. The lowest BCUT2D eigenvalue weighted by atomic mass is 10.2. The predicted octanol–water partition coefficient (Wildman–Crippen LogP) is 3.05. The summed E-state index contributed by atoms with van der Waals surface area (Å²) < 4.78 is 0. The molecule has 19 heavy (non-hydrogen) atoms. The quantitative estimate of drug-likeness (QED) is 0.897. The summed E-state index contributed by atoms with van der Waals surface area (Å²) in [6, 6.07) is 10.1. The summed E-state index contributed by atoms with van der Waals surface area (Å²) in [7, 11) is 0. The monoisotopic (exact) mass is 273 g/mol. The van der Waals surface area contributed by atoms with Crippen molar-refractivity contribution in [1.82, 2.24) is 4.98 Å². The van der Waals surface area contributed by atoms with Crippen LogP contribution in [0.4, 0.5) is 11.5 Å². The molecule has 0 unspecified atom stereocenters. The highest BCUT2D eigenvalue weighted by atomic mass is 35.5. The SMILES string of the molecule is N#Cc1cccc(Nc2ncc(C(=O)O)cc2Cl)c1. The standard InChI is InChI=1S/C13H8ClN3O2/c14-11-5-9(13(18)19)7-16-12(11)17-10-3-1-2-8(4-10)6-15/h1-5,7H,(H,16,17)(H,18,19). The molecule has 2 aromatic rings. The molecule has 0 saturated carbocycles. The Kier molecular flexibility index (Phi) is 3.64. The molecule has 5 nitrogen and oxygen atoms in total. The third-order valence-electron chi connectivity index (χ3n) is 2.34. The van der Waals surface area contributed by atoms with E-state index < -0.39 is 5.97 Å². The van der Waals surface area contributed by atoms with Gasteiger partial charge in [-0.3, -0.25) is 0 Å². The maximum atomic E-state index is 10.8. The van der Waals surface area contributed by atoms with Crippen molar-refractivity contribution in [1.29, 1.82) is 5.26 Å². The number of benzene rings is 1. The molecule has 0 saturated heterocycles. The average Bonchev–Trinajstić information content (AvgIpc) is 2.41. The number of aromatic nitrogens is 1. The van der Waals surface area contributed by atoms with Crippen LogP contribution in [0.3, 0.4) is 0 Å². The Hall–Kier alpha value is -2.58. The minimum atomic E-state index is -1.09. The second-order valence-corrected chi connectivity index (χ2v) is 4.08. The highest BCUT2D eigenvalue weighted by Gasteiger charge is 2.08. The van der Waals surface area contributed by atoms with Crippen LogP contribution in [0.25, 0.3) is 0 Å². The molecule has 2 N–H and O–H groups in total. The number of rotatable bonds is 3. The van der Waals surface area contributed by atoms with E-state index in [0.717, 1.165) is 0 Å². The second kappa shape index (κ2) is 5.38. The molecule has 0 aliphatic heterocycles. The number of halogens is 1. The number of nitrogens with one attached hydrogen (secondary N) is 1. The van der Waals surface area contributed by atoms with Crippen LogP contribution in [0.5, 0.6) is 0 Å². The topological polar surface area (TPSA) is 86.0 Å². The summed E-state index contributed by atoms with van der Waals surface area (Å²) in [5.41, 5.74) is 1.17. The van der Waals surface area contributed by atoms with Gasteiger partial charge in [-0.2, -0.15) is 5.26 Å². The smallest absolute Gasteiger partial charge is 0.337 e. The van der Waals surface area contributed by atoms with Gasteiger partial charge < -0.3 is 10.4 Å². The molecule has 0 aliphatic carbocycles. The Balaban J connectivity index is 2.28. The molecule has 0 fully saturated rings. The number of aromatic carboxylic acids is 1. The Morgan fingerprint density at radius 2 is 2.21 bits per heavy atom. The van der Waals surface area contributed by atoms with Crippen LogP contribution in [-0.2, 0) is 0 Å². The fraction of sp³-hybridized carbons (Fsp3) is 0. The van der Waals surface area contributed by atoms with Gasteiger partial charge in [-0.05, 0) is 24.3 Å². The minimum absolute atomic E-state index is 0.0151. The Labute approximate surface area is 114 Å². The molecule has 1 aromatic carbocycles. The highest BCUT2D eigenvalue weighted by Crippen LogP contribution is 2.24. The zero-order valence-corrected chi connectivity index (χ0v) is 10.3. The van der Waals surface area contributed by atoms with Gasteiger partial charge in [0.25, 0.3) is 0 Å². The number of nitrogens with zero attached hydrogens (tertiary/aromatic N) is 2. The molecule has 0 atom stereocenters. The normalized spacial score (nSPS) is 9.68. The lowest BCUT2D eigenvalue weighted by Crippen LogP contribution is -2.00. The van der Waals surface area contributed by atoms with E-state index in [4.69, 9.17) is 22.0 Å². The third-order valence-corrected chi connectivity index (χ3v) is 2.63. The molecule has 0 bridgehead atoms. The Morgan fingerprint density at radius 3 is 2.84 bits per heavy atom. The van der Waals surface area contributed by atoms with Gasteiger partial charge in [0.05, 0.1) is 22.2 Å². The van der Waals surface area contributed by atoms with Crippen molar-refractivity contribution >= 4 is 29.1 Å². The van der Waals surface area contributed by atoms with Crippen LogP contribution < -0.4 is 5.32 Å². The fourth-order valence-electron chi connectivity index (χ4n) is 1.45. The van der Waals surface area contributed by atoms with Gasteiger partial charge in [-0.15, -0.1) is 0 Å². The Morgan fingerprint density at radius 1 is 1.42 bits per heavy atom. The largest absolute Gasteiger partial charge is 0.478 e. The van der Waals surface area contributed by atoms with E-state index in [9.17, 15) is 4.79 Å². The van der Waals surface area contributed by atoms with Gasteiger partial charge in [0.2, 0.25) is 0 Å². The van der Waals surface area contributed by atoms with Crippen molar-refractivity contribution < 1.29 is 9.90 Å². The van der Waals surface area contributed by atoms with Crippen LogP contribution in [-0.4, -0.2) is 16.1 Å². The number of hydrogen-bond donors (Lipinski definition) is 2. The second-order valence-electron chi connectivity index (χ2n) is 3.68. The van der Waals surface area contributed by atoms with Gasteiger partial charge in [0.15, 0.2) is 0 Å². The number of pyridine rings is 1. The van der Waals surface area contributed by atoms with Crippen LogP contribution in [0.15, 0.2) is 36.5 Å². The van der Waals surface area contributed by atoms with Gasteiger partial charge in [-0.1, -0.05) is 17.7 Å². The van der Waals surface area contributed by atoms with Crippen molar-refractivity contribution in [2.75, 3.05) is 5.32 Å². The van der Waals surface area contributed by atoms with E-state index in [2.05, 4.69) is 10.3 Å². The molecule has 0 aliphatic rings. The first-order chi connectivity index (χ1) is 9.10. The zero-order chi connectivity index (χ0) is 13.8. The number of anilines is 2. The minimum Gasteiger partial charge on any atom is -0.478 e. The third kappa shape index (κ3) is 3.00. The molecule has 2 rings (SSSR count). The van der Waals surface area contributed by atoms with Crippen LogP contribution in [0, 0.1) is 11.3 Å². The van der Waals surface area contributed by atoms with Crippen LogP contribution in [0.1, 0.15) is 15.9 Å². The first kappa shape index (κ1) is 12.9. The molecule has 0 amide bonds. The molecule has 1 heterocycles. The lowest BCUT2D eigenvalue weighted by molar-refractivity contribution is 0.0696. The van der Waals surface area contributed by atoms with E-state index in [1.54, 1.807) is 24.3 Å². The van der Waals surface area contributed by atoms with Crippen LogP contribution >= 0.6 is 11.6 Å². The lowest BCUT2D eigenvalue weighted by Gasteiger charge is -2.08. The summed E-state index contributed by atoms with van der Waals surface area (Å²) >= 11 is 5.94. The van der Waals surface area contributed by atoms with Crippen molar-refractivity contribution in [3.8, 4) is 6.07 Å². The molecule has 0 spiro atoms. The molecule has 0 radical (unpaired) electrons. The molecule has 6 heteroatoms. The zero-order valence-electron chi connectivity index (χ0n) is 9.59. The van der Waals surface area contributed by atoms with Crippen LogP contribution in [0.2, 0.25) is 5.02 Å². The summed E-state index contributed by atoms with van der Waals surface area (Å²) in [5.74, 6) is -0.755. The van der Waals surface area contributed by atoms with Crippen molar-refractivity contribution in [2.45, 2.75) is 0 Å². The van der Waals surface area contributed by atoms with Gasteiger partial charge in [0, 0.05) is 11.9 Å². The maximum Gasteiger partial charge on any atom is 0.337 e. The maximum absolute atomic E-state index is 10.8. The van der Waals surface area contributed by atoms with Crippen molar-refractivity contribution in [3.63, 3.8) is 0 Å². The fourth-order valence-corrected chi connectivity index (χ4v) is 1.66. The van der Waals surface area contributed by atoms with E-state index >= 15 is 0 Å². The molecular weight excluding hydrogens is 266 g/mol. The summed E-state index contributed by atoms with van der Waals surface area (Å²) in [6.07, 6.45) is 1.21. The number of carboxylic acids is 1. The number of nitriles is 1. The average molecular weight is 274 g/mol. The number of hydrogen-bond acceptors (Lipinski definition) is 4.